The van der Waals surface area contributed by atoms with Crippen LogP contribution in [-0.2, 0) is 0 Å². The molecule has 0 atom stereocenters. The molecular weight excluding hydrogens is 397 g/mol. The molecule has 0 aromatic carbocycles. The number of nitrogens with zero attached hydrogens (tertiary/aromatic N) is 5. The zero-order valence-electron chi connectivity index (χ0n) is 19.2. The molecule has 0 aliphatic carbocycles. The van der Waals surface area contributed by atoms with Gasteiger partial charge in [0.1, 0.15) is 5.65 Å². The first-order valence-corrected chi connectivity index (χ1v) is 11.4. The van der Waals surface area contributed by atoms with E-state index in [0.29, 0.717) is 10.9 Å². The minimum absolute atomic E-state index is 0.00354. The van der Waals surface area contributed by atoms with Crippen molar-refractivity contribution in [1.29, 1.82) is 5.26 Å². The van der Waals surface area contributed by atoms with Crippen LogP contribution in [0.1, 0.15) is 44.0 Å². The summed E-state index contributed by atoms with van der Waals surface area (Å²) >= 11 is 0. The van der Waals surface area contributed by atoms with E-state index in [1.807, 2.05) is 73.5 Å². The van der Waals surface area contributed by atoms with E-state index < -0.39 is 0 Å². The fraction of sp³-hybridized carbons (Fsp3) is 0.360. The summed E-state index contributed by atoms with van der Waals surface area (Å²) in [6, 6.07) is 8.00. The van der Waals surface area contributed by atoms with Crippen molar-refractivity contribution >= 4 is 23.3 Å². The Morgan fingerprint density at radius 2 is 1.84 bits per heavy atom. The highest BCUT2D eigenvalue weighted by molar-refractivity contribution is 6.67. The molecule has 0 N–H and O–H groups in total. The Balaban J connectivity index is 0.00000119. The van der Waals surface area contributed by atoms with Crippen molar-refractivity contribution in [3.05, 3.63) is 64.5 Å². The van der Waals surface area contributed by atoms with Crippen LogP contribution in [0.2, 0.25) is 12.6 Å². The summed E-state index contributed by atoms with van der Waals surface area (Å²) in [5.74, 6) is 2.36. The van der Waals surface area contributed by atoms with Gasteiger partial charge in [-0.25, -0.2) is 15.2 Å². The number of fused-ring (bicyclic) bond motifs is 2. The van der Waals surface area contributed by atoms with Gasteiger partial charge in [-0.15, -0.1) is 0 Å². The summed E-state index contributed by atoms with van der Waals surface area (Å²) in [5.41, 5.74) is 5.56. The second kappa shape index (κ2) is 9.00. The van der Waals surface area contributed by atoms with Crippen LogP contribution in [0, 0.1) is 25.1 Å². The number of nitriles is 1. The molecule has 5 heterocycles. The first kappa shape index (κ1) is 21.8. The maximum Gasteiger partial charge on any atom is 0.268 e. The SMILES string of the molecule is CC.Cc1cn2cc(-c3ccc4c(=O)n(C5CCB(C#N)CC5)ccc4n3)cc(C)c2n1. The molecule has 0 radical (unpaired) electrons. The van der Waals surface area contributed by atoms with Gasteiger partial charge in [0.15, 0.2) is 0 Å². The average molecular weight is 425 g/mol. The van der Waals surface area contributed by atoms with Crippen LogP contribution in [0.3, 0.4) is 0 Å². The fourth-order valence-electron chi connectivity index (χ4n) is 4.60. The molecular formula is C25H28BN5O. The zero-order chi connectivity index (χ0) is 22.8. The Labute approximate surface area is 188 Å². The van der Waals surface area contributed by atoms with Crippen LogP contribution in [-0.4, -0.2) is 25.6 Å². The summed E-state index contributed by atoms with van der Waals surface area (Å²) in [6.45, 7) is 8.16. The fourth-order valence-corrected chi connectivity index (χ4v) is 4.60. The molecule has 6 nitrogen and oxygen atoms in total. The first-order chi connectivity index (χ1) is 15.5. The van der Waals surface area contributed by atoms with Crippen molar-refractivity contribution in [3.63, 3.8) is 0 Å². The average Bonchev–Trinajstić information content (AvgIpc) is 3.21. The molecule has 162 valence electrons. The standard InChI is InChI=1S/C23H22BN5O.C2H6/c1-15-11-17(13-28-12-16(2)26-22(15)28)20-4-3-19-21(27-20)7-10-29(23(19)30)18-5-8-24(14-25)9-6-18;1-2/h3-4,7,10-13,18H,5-6,8-9H2,1-2H3;1-2H3. The molecule has 7 heteroatoms. The molecule has 1 saturated heterocycles. The third-order valence-corrected chi connectivity index (χ3v) is 6.21. The maximum atomic E-state index is 13.1. The predicted octanol–water partition coefficient (Wildman–Crippen LogP) is 5.25. The van der Waals surface area contributed by atoms with Gasteiger partial charge in [-0.2, -0.15) is 0 Å². The van der Waals surface area contributed by atoms with E-state index in [-0.39, 0.29) is 18.3 Å². The number of rotatable bonds is 2. The van der Waals surface area contributed by atoms with E-state index in [4.69, 9.17) is 10.2 Å². The molecule has 4 aromatic rings. The molecule has 0 unspecified atom stereocenters. The van der Waals surface area contributed by atoms with Gasteiger partial charge in [0.05, 0.1) is 22.3 Å². The Morgan fingerprint density at radius 3 is 2.56 bits per heavy atom. The highest BCUT2D eigenvalue weighted by atomic mass is 16.1. The lowest BCUT2D eigenvalue weighted by Gasteiger charge is -2.25. The minimum atomic E-state index is 0.00354. The normalized spacial score (nSPS) is 14.3. The first-order valence-electron chi connectivity index (χ1n) is 11.4. The van der Waals surface area contributed by atoms with Crippen molar-refractivity contribution in [2.45, 2.75) is 59.2 Å². The summed E-state index contributed by atoms with van der Waals surface area (Å²) in [5, 5.41) is 9.75. The molecule has 0 spiro atoms. The quantitative estimate of drug-likeness (QED) is 0.411. The van der Waals surface area contributed by atoms with Gasteiger partial charge in [-0.1, -0.05) is 26.5 Å². The van der Waals surface area contributed by atoms with Crippen LogP contribution in [0.4, 0.5) is 0 Å². The third-order valence-electron chi connectivity index (χ3n) is 6.21. The van der Waals surface area contributed by atoms with Gasteiger partial charge in [-0.05, 0) is 56.5 Å². The van der Waals surface area contributed by atoms with Crippen molar-refractivity contribution in [2.24, 2.45) is 0 Å². The smallest absolute Gasteiger partial charge is 0.268 e. The number of hydrogen-bond acceptors (Lipinski definition) is 4. The van der Waals surface area contributed by atoms with Crippen LogP contribution in [0.15, 0.2) is 47.7 Å². The Hall–Kier alpha value is -3.40. The summed E-state index contributed by atoms with van der Waals surface area (Å²) < 4.78 is 3.86. The molecule has 5 rings (SSSR count). The maximum absolute atomic E-state index is 13.1. The van der Waals surface area contributed by atoms with Crippen molar-refractivity contribution in [2.75, 3.05) is 0 Å². The van der Waals surface area contributed by atoms with E-state index >= 15 is 0 Å². The summed E-state index contributed by atoms with van der Waals surface area (Å²) in [7, 11) is 0. The minimum Gasteiger partial charge on any atom is -0.312 e. The number of hydrogen-bond donors (Lipinski definition) is 0. The van der Waals surface area contributed by atoms with Gasteiger partial charge in [0.2, 0.25) is 0 Å². The summed E-state index contributed by atoms with van der Waals surface area (Å²) in [4.78, 5) is 22.4. The van der Waals surface area contributed by atoms with Crippen LogP contribution in [0.5, 0.6) is 0 Å². The Bertz CT molecular complexity index is 1370. The van der Waals surface area contributed by atoms with Gasteiger partial charge < -0.3 is 8.97 Å². The largest absolute Gasteiger partial charge is 0.312 e. The number of pyridine rings is 3. The highest BCUT2D eigenvalue weighted by Crippen LogP contribution is 2.29. The van der Waals surface area contributed by atoms with Crippen molar-refractivity contribution in [1.82, 2.24) is 18.9 Å². The molecule has 1 fully saturated rings. The lowest BCUT2D eigenvalue weighted by atomic mass is 9.42. The van der Waals surface area contributed by atoms with Crippen molar-refractivity contribution < 1.29 is 0 Å². The lowest BCUT2D eigenvalue weighted by molar-refractivity contribution is 0.445. The number of aryl methyl sites for hydroxylation is 2. The molecule has 0 saturated carbocycles. The van der Waals surface area contributed by atoms with Gasteiger partial charge in [0.25, 0.3) is 12.3 Å². The van der Waals surface area contributed by atoms with E-state index in [9.17, 15) is 4.79 Å². The molecule has 4 aromatic heterocycles. The zero-order valence-corrected chi connectivity index (χ0v) is 19.2. The summed E-state index contributed by atoms with van der Waals surface area (Å²) in [6.07, 6.45) is 9.37. The topological polar surface area (TPSA) is 76.0 Å². The lowest BCUT2D eigenvalue weighted by Crippen LogP contribution is -2.29. The second-order valence-electron chi connectivity index (χ2n) is 8.32. The number of aromatic nitrogens is 4. The molecule has 1 aliphatic heterocycles. The van der Waals surface area contributed by atoms with Crippen LogP contribution in [0.25, 0.3) is 27.8 Å². The predicted molar refractivity (Wildman–Crippen MR) is 130 cm³/mol. The second-order valence-corrected chi connectivity index (χ2v) is 8.32. The highest BCUT2D eigenvalue weighted by Gasteiger charge is 2.26. The number of imidazole rings is 1. The monoisotopic (exact) mass is 425 g/mol. The molecule has 0 amide bonds. The molecule has 0 bridgehead atoms. The third kappa shape index (κ3) is 3.93. The van der Waals surface area contributed by atoms with Crippen LogP contribution >= 0.6 is 0 Å². The van der Waals surface area contributed by atoms with Gasteiger partial charge in [0, 0.05) is 36.2 Å². The van der Waals surface area contributed by atoms with Gasteiger partial charge >= 0.3 is 0 Å². The van der Waals surface area contributed by atoms with Gasteiger partial charge in [-0.3, -0.25) is 4.79 Å². The van der Waals surface area contributed by atoms with E-state index in [1.165, 1.54) is 0 Å². The van der Waals surface area contributed by atoms with E-state index in [1.54, 1.807) is 0 Å². The Kier molecular flexibility index (Phi) is 6.13. The van der Waals surface area contributed by atoms with Crippen molar-refractivity contribution in [3.8, 4) is 17.2 Å². The molecule has 32 heavy (non-hydrogen) atoms. The van der Waals surface area contributed by atoms with E-state index in [2.05, 4.69) is 17.0 Å². The molecule has 1 aliphatic rings. The van der Waals surface area contributed by atoms with Crippen LogP contribution < -0.4 is 5.56 Å². The Morgan fingerprint density at radius 1 is 1.09 bits per heavy atom. The van der Waals surface area contributed by atoms with E-state index in [0.717, 1.165) is 53.6 Å².